The fourth-order valence-corrected chi connectivity index (χ4v) is 1.71. The van der Waals surface area contributed by atoms with Crippen molar-refractivity contribution in [2.24, 2.45) is 5.92 Å². The number of carbonyl (C=O) groups is 1. The molecule has 0 saturated heterocycles. The number of amides is 1. The summed E-state index contributed by atoms with van der Waals surface area (Å²) in [5, 5.41) is 18.8. The zero-order valence-corrected chi connectivity index (χ0v) is 9.81. The quantitative estimate of drug-likeness (QED) is 0.815. The number of halogens is 1. The Morgan fingerprint density at radius 1 is 1.67 bits per heavy atom. The highest BCUT2D eigenvalue weighted by Crippen LogP contribution is 2.14. The molecule has 0 radical (unpaired) electrons. The number of nitrogens with zero attached hydrogens (tertiary/aromatic N) is 2. The van der Waals surface area contributed by atoms with Gasteiger partial charge in [-0.3, -0.25) is 4.79 Å². The number of rotatable bonds is 5. The maximum absolute atomic E-state index is 11.4. The first kappa shape index (κ1) is 12.4. The van der Waals surface area contributed by atoms with E-state index in [1.165, 1.54) is 0 Å². The Balaban J connectivity index is 2.36. The van der Waals surface area contributed by atoms with Gasteiger partial charge in [-0.05, 0) is 23.9 Å². The van der Waals surface area contributed by atoms with Crippen molar-refractivity contribution >= 4 is 28.8 Å². The lowest BCUT2D eigenvalue weighted by atomic mass is 10.1. The summed E-state index contributed by atoms with van der Waals surface area (Å²) in [6.45, 7) is 2.59. The van der Waals surface area contributed by atoms with Gasteiger partial charge in [-0.2, -0.15) is 0 Å². The first-order valence-corrected chi connectivity index (χ1v) is 5.71. The van der Waals surface area contributed by atoms with Crippen molar-refractivity contribution in [1.29, 1.82) is 0 Å². The Labute approximate surface area is 96.5 Å². The van der Waals surface area contributed by atoms with Gasteiger partial charge in [0.15, 0.2) is 0 Å². The molecule has 1 atom stereocenters. The molecule has 0 bridgehead atoms. The monoisotopic (exact) mass is 249 g/mol. The molecule has 1 amide bonds. The van der Waals surface area contributed by atoms with Crippen LogP contribution in [0.3, 0.4) is 0 Å². The number of carbonyl (C=O) groups excluding carboxylic acids is 1. The summed E-state index contributed by atoms with van der Waals surface area (Å²) in [7, 11) is 0. The molecule has 1 rings (SSSR count). The van der Waals surface area contributed by atoms with Crippen LogP contribution in [-0.4, -0.2) is 34.4 Å². The van der Waals surface area contributed by atoms with E-state index in [1.54, 1.807) is 0 Å². The molecular formula is C8H12ClN3O2S. The molecule has 0 aliphatic carbocycles. The summed E-state index contributed by atoms with van der Waals surface area (Å²) < 4.78 is 0.253. The van der Waals surface area contributed by atoms with Gasteiger partial charge in [-0.1, -0.05) is 18.3 Å². The molecule has 1 aromatic rings. The third-order valence-electron chi connectivity index (χ3n) is 1.83. The van der Waals surface area contributed by atoms with Gasteiger partial charge in [0, 0.05) is 13.2 Å². The molecule has 0 spiro atoms. The maximum atomic E-state index is 11.4. The number of aromatic nitrogens is 2. The van der Waals surface area contributed by atoms with Crippen LogP contribution in [0.1, 0.15) is 23.1 Å². The summed E-state index contributed by atoms with van der Waals surface area (Å²) in [5.41, 5.74) is 0. The Morgan fingerprint density at radius 2 is 2.40 bits per heavy atom. The van der Waals surface area contributed by atoms with Crippen molar-refractivity contribution in [2.45, 2.75) is 13.3 Å². The lowest BCUT2D eigenvalue weighted by Gasteiger charge is -2.09. The fraction of sp³-hybridized carbons (Fsp3) is 0.625. The number of aliphatic hydroxyl groups is 1. The average molecular weight is 250 g/mol. The van der Waals surface area contributed by atoms with Crippen LogP contribution < -0.4 is 5.32 Å². The van der Waals surface area contributed by atoms with Crippen LogP contribution in [-0.2, 0) is 0 Å². The van der Waals surface area contributed by atoms with Gasteiger partial charge in [0.25, 0.3) is 5.91 Å². The largest absolute Gasteiger partial charge is 0.396 e. The minimum atomic E-state index is -0.274. The van der Waals surface area contributed by atoms with Crippen molar-refractivity contribution in [3.05, 3.63) is 9.47 Å². The van der Waals surface area contributed by atoms with E-state index in [2.05, 4.69) is 15.5 Å². The SMILES string of the molecule is CC(CCO)CNC(=O)c1nnc(Cl)s1. The van der Waals surface area contributed by atoms with Gasteiger partial charge in [-0.25, -0.2) is 0 Å². The van der Waals surface area contributed by atoms with E-state index < -0.39 is 0 Å². The molecule has 0 fully saturated rings. The minimum absolute atomic E-state index is 0.127. The highest BCUT2D eigenvalue weighted by Gasteiger charge is 2.12. The fourth-order valence-electron chi connectivity index (χ4n) is 0.962. The van der Waals surface area contributed by atoms with Crippen molar-refractivity contribution in [2.75, 3.05) is 13.2 Å². The first-order chi connectivity index (χ1) is 7.13. The van der Waals surface area contributed by atoms with E-state index in [0.717, 1.165) is 11.3 Å². The van der Waals surface area contributed by atoms with Crippen molar-refractivity contribution in [3.8, 4) is 0 Å². The summed E-state index contributed by atoms with van der Waals surface area (Å²) in [6.07, 6.45) is 0.664. The van der Waals surface area contributed by atoms with E-state index in [4.69, 9.17) is 16.7 Å². The molecule has 0 aliphatic heterocycles. The predicted octanol–water partition coefficient (Wildman–Crippen LogP) is 0.940. The summed E-state index contributed by atoms with van der Waals surface area (Å²) in [5.74, 6) is -0.0356. The average Bonchev–Trinajstić information content (AvgIpc) is 2.62. The van der Waals surface area contributed by atoms with Crippen molar-refractivity contribution in [1.82, 2.24) is 15.5 Å². The van der Waals surface area contributed by atoms with Gasteiger partial charge < -0.3 is 10.4 Å². The van der Waals surface area contributed by atoms with Crippen molar-refractivity contribution in [3.63, 3.8) is 0 Å². The molecule has 7 heteroatoms. The molecule has 2 N–H and O–H groups in total. The zero-order chi connectivity index (χ0) is 11.3. The standard InChI is InChI=1S/C8H12ClN3O2S/c1-5(2-3-13)4-10-6(14)7-11-12-8(9)15-7/h5,13H,2-4H2,1H3,(H,10,14). The second-order valence-electron chi connectivity index (χ2n) is 3.19. The number of hydrogen-bond acceptors (Lipinski definition) is 5. The predicted molar refractivity (Wildman–Crippen MR) is 58.1 cm³/mol. The van der Waals surface area contributed by atoms with Crippen LogP contribution in [0.25, 0.3) is 0 Å². The van der Waals surface area contributed by atoms with Crippen LogP contribution in [0, 0.1) is 5.92 Å². The van der Waals surface area contributed by atoms with Crippen molar-refractivity contribution < 1.29 is 9.90 Å². The van der Waals surface area contributed by atoms with Gasteiger partial charge in [0.1, 0.15) is 0 Å². The number of aliphatic hydroxyl groups excluding tert-OH is 1. The van der Waals surface area contributed by atoms with Gasteiger partial charge >= 0.3 is 0 Å². The summed E-state index contributed by atoms with van der Waals surface area (Å²) >= 11 is 6.59. The lowest BCUT2D eigenvalue weighted by Crippen LogP contribution is -2.28. The van der Waals surface area contributed by atoms with E-state index in [0.29, 0.717) is 13.0 Å². The first-order valence-electron chi connectivity index (χ1n) is 4.51. The minimum Gasteiger partial charge on any atom is -0.396 e. The molecule has 84 valence electrons. The number of nitrogens with one attached hydrogen (secondary N) is 1. The maximum Gasteiger partial charge on any atom is 0.282 e. The van der Waals surface area contributed by atoms with E-state index >= 15 is 0 Å². The van der Waals surface area contributed by atoms with Gasteiger partial charge in [-0.15, -0.1) is 10.2 Å². The molecular weight excluding hydrogens is 238 g/mol. The normalized spacial score (nSPS) is 12.5. The van der Waals surface area contributed by atoms with E-state index in [1.807, 2.05) is 6.92 Å². The lowest BCUT2D eigenvalue weighted by molar-refractivity contribution is 0.0944. The smallest absolute Gasteiger partial charge is 0.282 e. The Hall–Kier alpha value is -0.720. The third kappa shape index (κ3) is 4.11. The van der Waals surface area contributed by atoms with Crippen LogP contribution in [0.15, 0.2) is 0 Å². The second kappa shape index (κ2) is 5.99. The molecule has 0 saturated carbocycles. The third-order valence-corrected chi connectivity index (χ3v) is 2.85. The Kier molecular flexibility index (Phi) is 4.93. The molecule has 0 aromatic carbocycles. The summed E-state index contributed by atoms with van der Waals surface area (Å²) in [4.78, 5) is 11.4. The number of hydrogen-bond donors (Lipinski definition) is 2. The van der Waals surface area contributed by atoms with Gasteiger partial charge in [0.2, 0.25) is 9.47 Å². The van der Waals surface area contributed by atoms with E-state index in [-0.39, 0.29) is 27.9 Å². The molecule has 1 unspecified atom stereocenters. The topological polar surface area (TPSA) is 75.1 Å². The van der Waals surface area contributed by atoms with Crippen LogP contribution in [0.2, 0.25) is 4.47 Å². The highest BCUT2D eigenvalue weighted by atomic mass is 35.5. The molecule has 5 nitrogen and oxygen atoms in total. The highest BCUT2D eigenvalue weighted by molar-refractivity contribution is 7.17. The summed E-state index contributed by atoms with van der Waals surface area (Å²) in [6, 6.07) is 0. The second-order valence-corrected chi connectivity index (χ2v) is 4.75. The Morgan fingerprint density at radius 3 is 2.93 bits per heavy atom. The zero-order valence-electron chi connectivity index (χ0n) is 8.23. The molecule has 0 aliphatic rings. The van der Waals surface area contributed by atoms with E-state index in [9.17, 15) is 4.79 Å². The Bertz CT molecular complexity index is 331. The molecule has 1 aromatic heterocycles. The molecule has 1 heterocycles. The van der Waals surface area contributed by atoms with Gasteiger partial charge in [0.05, 0.1) is 0 Å². The van der Waals surface area contributed by atoms with Crippen LogP contribution in [0.5, 0.6) is 0 Å². The van der Waals surface area contributed by atoms with Crippen LogP contribution >= 0.6 is 22.9 Å². The molecule has 15 heavy (non-hydrogen) atoms. The van der Waals surface area contributed by atoms with Crippen LogP contribution in [0.4, 0.5) is 0 Å².